The summed E-state index contributed by atoms with van der Waals surface area (Å²) < 4.78 is 0. The third-order valence-corrected chi connectivity index (χ3v) is 2.82. The number of rotatable bonds is 4. The zero-order chi connectivity index (χ0) is 10.6. The average Bonchev–Trinajstić information content (AvgIpc) is 2.52. The maximum atomic E-state index is 11.6. The Kier molecular flexibility index (Phi) is 3.89. The fourth-order valence-electron chi connectivity index (χ4n) is 2.05. The molecule has 0 heterocycles. The van der Waals surface area contributed by atoms with Crippen molar-refractivity contribution in [3.63, 3.8) is 0 Å². The Morgan fingerprint density at radius 1 is 1.43 bits per heavy atom. The van der Waals surface area contributed by atoms with E-state index in [0.29, 0.717) is 13.1 Å². The number of carbonyl (C=O) groups excluding carboxylic acids is 1. The first-order valence-electron chi connectivity index (χ1n) is 5.24. The summed E-state index contributed by atoms with van der Waals surface area (Å²) in [6.45, 7) is 1.01. The molecule has 1 amide bonds. The van der Waals surface area contributed by atoms with E-state index >= 15 is 0 Å². The van der Waals surface area contributed by atoms with Gasteiger partial charge in [0.15, 0.2) is 0 Å². The Labute approximate surface area is 85.8 Å². The third-order valence-electron chi connectivity index (χ3n) is 2.82. The molecule has 0 spiro atoms. The highest BCUT2D eigenvalue weighted by Gasteiger charge is 2.33. The second-order valence-electron chi connectivity index (χ2n) is 4.48. The van der Waals surface area contributed by atoms with Crippen LogP contribution in [0.15, 0.2) is 0 Å². The molecule has 3 N–H and O–H groups in total. The van der Waals surface area contributed by atoms with Crippen LogP contribution in [0.4, 0.5) is 0 Å². The number of nitrogens with one attached hydrogen (secondary N) is 1. The summed E-state index contributed by atoms with van der Waals surface area (Å²) in [6.07, 6.45) is 4.42. The molecular weight excluding hydrogens is 178 g/mol. The minimum atomic E-state index is -0.104. The van der Waals surface area contributed by atoms with Gasteiger partial charge in [0.05, 0.1) is 12.1 Å². The number of hydrogen-bond acceptors (Lipinski definition) is 3. The number of amides is 1. The maximum Gasteiger partial charge on any atom is 0.234 e. The summed E-state index contributed by atoms with van der Waals surface area (Å²) >= 11 is 0. The number of carbonyl (C=O) groups is 1. The molecule has 14 heavy (non-hydrogen) atoms. The van der Waals surface area contributed by atoms with Crippen LogP contribution >= 0.6 is 0 Å². The van der Waals surface area contributed by atoms with Gasteiger partial charge in [0.1, 0.15) is 0 Å². The molecular formula is C10H21N3O. The van der Waals surface area contributed by atoms with Crippen molar-refractivity contribution < 1.29 is 4.79 Å². The first-order chi connectivity index (χ1) is 6.58. The summed E-state index contributed by atoms with van der Waals surface area (Å²) in [5.41, 5.74) is 5.62. The SMILES string of the molecule is CN(C)CC(=O)NC1(CN)CCCC1. The van der Waals surface area contributed by atoms with Crippen LogP contribution in [-0.4, -0.2) is 43.5 Å². The molecule has 0 aromatic heterocycles. The number of nitrogens with two attached hydrogens (primary N) is 1. The summed E-state index contributed by atoms with van der Waals surface area (Å²) in [7, 11) is 3.78. The minimum absolute atomic E-state index is 0.0855. The molecule has 0 aliphatic heterocycles. The molecule has 0 radical (unpaired) electrons. The van der Waals surface area contributed by atoms with Gasteiger partial charge in [-0.15, -0.1) is 0 Å². The monoisotopic (exact) mass is 199 g/mol. The van der Waals surface area contributed by atoms with E-state index in [0.717, 1.165) is 12.8 Å². The predicted molar refractivity (Wildman–Crippen MR) is 57.0 cm³/mol. The molecule has 0 bridgehead atoms. The van der Waals surface area contributed by atoms with Crippen LogP contribution in [-0.2, 0) is 4.79 Å². The molecule has 4 nitrogen and oxygen atoms in total. The highest BCUT2D eigenvalue weighted by molar-refractivity contribution is 5.78. The van der Waals surface area contributed by atoms with Crippen LogP contribution < -0.4 is 11.1 Å². The van der Waals surface area contributed by atoms with E-state index in [9.17, 15) is 4.79 Å². The van der Waals surface area contributed by atoms with Crippen LogP contribution in [0.3, 0.4) is 0 Å². The van der Waals surface area contributed by atoms with E-state index in [1.165, 1.54) is 12.8 Å². The van der Waals surface area contributed by atoms with E-state index in [1.54, 1.807) is 0 Å². The van der Waals surface area contributed by atoms with Crippen molar-refractivity contribution in [1.29, 1.82) is 0 Å². The Morgan fingerprint density at radius 2 is 2.00 bits per heavy atom. The van der Waals surface area contributed by atoms with Gasteiger partial charge in [0.25, 0.3) is 0 Å². The van der Waals surface area contributed by atoms with Gasteiger partial charge in [-0.3, -0.25) is 4.79 Å². The largest absolute Gasteiger partial charge is 0.348 e. The van der Waals surface area contributed by atoms with Crippen LogP contribution in [0.25, 0.3) is 0 Å². The molecule has 1 saturated carbocycles. The molecule has 1 aliphatic carbocycles. The minimum Gasteiger partial charge on any atom is -0.348 e. The zero-order valence-electron chi connectivity index (χ0n) is 9.18. The van der Waals surface area contributed by atoms with Gasteiger partial charge >= 0.3 is 0 Å². The third kappa shape index (κ3) is 2.96. The van der Waals surface area contributed by atoms with Crippen molar-refractivity contribution in [2.45, 2.75) is 31.2 Å². The van der Waals surface area contributed by atoms with Crippen molar-refractivity contribution >= 4 is 5.91 Å². The highest BCUT2D eigenvalue weighted by atomic mass is 16.2. The smallest absolute Gasteiger partial charge is 0.234 e. The molecule has 82 valence electrons. The van der Waals surface area contributed by atoms with Crippen molar-refractivity contribution in [1.82, 2.24) is 10.2 Å². The van der Waals surface area contributed by atoms with Crippen molar-refractivity contribution in [3.05, 3.63) is 0 Å². The molecule has 1 aliphatic rings. The average molecular weight is 199 g/mol. The van der Waals surface area contributed by atoms with Crippen LogP contribution in [0.5, 0.6) is 0 Å². The lowest BCUT2D eigenvalue weighted by Crippen LogP contribution is -2.53. The second kappa shape index (κ2) is 4.75. The molecule has 1 fully saturated rings. The van der Waals surface area contributed by atoms with Gasteiger partial charge in [0.2, 0.25) is 5.91 Å². The molecule has 0 saturated heterocycles. The lowest BCUT2D eigenvalue weighted by molar-refractivity contribution is -0.123. The highest BCUT2D eigenvalue weighted by Crippen LogP contribution is 2.28. The molecule has 0 unspecified atom stereocenters. The van der Waals surface area contributed by atoms with E-state index in [1.807, 2.05) is 19.0 Å². The van der Waals surface area contributed by atoms with Crippen LogP contribution in [0.2, 0.25) is 0 Å². The topological polar surface area (TPSA) is 58.4 Å². The van der Waals surface area contributed by atoms with Crippen LogP contribution in [0.1, 0.15) is 25.7 Å². The van der Waals surface area contributed by atoms with E-state index in [-0.39, 0.29) is 11.4 Å². The van der Waals surface area contributed by atoms with Gasteiger partial charge in [-0.1, -0.05) is 12.8 Å². The Hall–Kier alpha value is -0.610. The van der Waals surface area contributed by atoms with E-state index in [4.69, 9.17) is 5.73 Å². The lowest BCUT2D eigenvalue weighted by atomic mass is 9.98. The zero-order valence-corrected chi connectivity index (χ0v) is 9.18. The van der Waals surface area contributed by atoms with Crippen LogP contribution in [0, 0.1) is 0 Å². The molecule has 0 aromatic carbocycles. The second-order valence-corrected chi connectivity index (χ2v) is 4.48. The first kappa shape index (κ1) is 11.5. The van der Waals surface area contributed by atoms with E-state index < -0.39 is 0 Å². The van der Waals surface area contributed by atoms with Gasteiger partial charge in [-0.2, -0.15) is 0 Å². The molecule has 0 aromatic rings. The quantitative estimate of drug-likeness (QED) is 0.666. The molecule has 1 rings (SSSR count). The first-order valence-corrected chi connectivity index (χ1v) is 5.24. The molecule has 0 atom stereocenters. The maximum absolute atomic E-state index is 11.6. The van der Waals surface area contributed by atoms with E-state index in [2.05, 4.69) is 5.32 Å². The predicted octanol–water partition coefficient (Wildman–Crippen LogP) is -0.0643. The van der Waals surface area contributed by atoms with Gasteiger partial charge in [-0.25, -0.2) is 0 Å². The Bertz CT molecular complexity index is 198. The normalized spacial score (nSPS) is 20.0. The number of hydrogen-bond donors (Lipinski definition) is 2. The van der Waals surface area contributed by atoms with Gasteiger partial charge in [0, 0.05) is 6.54 Å². The summed E-state index contributed by atoms with van der Waals surface area (Å²) in [6, 6.07) is 0. The van der Waals surface area contributed by atoms with Crippen molar-refractivity contribution in [3.8, 4) is 0 Å². The van der Waals surface area contributed by atoms with Gasteiger partial charge < -0.3 is 16.0 Å². The summed E-state index contributed by atoms with van der Waals surface area (Å²) in [5.74, 6) is 0.0855. The Morgan fingerprint density at radius 3 is 2.43 bits per heavy atom. The standard InChI is InChI=1S/C10H21N3O/c1-13(2)7-9(14)12-10(8-11)5-3-4-6-10/h3-8,11H2,1-2H3,(H,12,14). The number of nitrogens with zero attached hydrogens (tertiary/aromatic N) is 1. The summed E-state index contributed by atoms with van der Waals surface area (Å²) in [5, 5.41) is 3.07. The molecule has 4 heteroatoms. The van der Waals surface area contributed by atoms with Crippen molar-refractivity contribution in [2.24, 2.45) is 5.73 Å². The Balaban J connectivity index is 2.44. The fourth-order valence-corrected chi connectivity index (χ4v) is 2.05. The summed E-state index contributed by atoms with van der Waals surface area (Å²) in [4.78, 5) is 13.4. The lowest BCUT2D eigenvalue weighted by Gasteiger charge is -2.29. The van der Waals surface area contributed by atoms with Crippen molar-refractivity contribution in [2.75, 3.05) is 27.2 Å². The number of likely N-dealkylation sites (N-methyl/N-ethyl adjacent to an activating group) is 1. The van der Waals surface area contributed by atoms with Gasteiger partial charge in [-0.05, 0) is 26.9 Å². The fraction of sp³-hybridized carbons (Fsp3) is 0.900.